The van der Waals surface area contributed by atoms with Gasteiger partial charge in [-0.3, -0.25) is 0 Å². The zero-order valence-electron chi connectivity index (χ0n) is 7.26. The van der Waals surface area contributed by atoms with Crippen LogP contribution in [0.5, 0.6) is 0 Å². The number of fused-ring (bicyclic) bond motifs is 1. The van der Waals surface area contributed by atoms with Gasteiger partial charge in [0, 0.05) is 17.8 Å². The second-order valence-corrected chi connectivity index (χ2v) is 3.32. The molecule has 2 nitrogen and oxygen atoms in total. The lowest BCUT2D eigenvalue weighted by atomic mass is 10.0. The molecule has 3 heteroatoms. The van der Waals surface area contributed by atoms with E-state index in [4.69, 9.17) is 0 Å². The summed E-state index contributed by atoms with van der Waals surface area (Å²) in [6.07, 6.45) is 1.08. The number of benzene rings is 1. The Morgan fingerprint density at radius 2 is 2.31 bits per heavy atom. The van der Waals surface area contributed by atoms with Gasteiger partial charge in [0.25, 0.3) is 0 Å². The van der Waals surface area contributed by atoms with Crippen molar-refractivity contribution in [1.82, 2.24) is 0 Å². The molecule has 0 saturated heterocycles. The summed E-state index contributed by atoms with van der Waals surface area (Å²) >= 11 is 0. The number of aliphatic hydroxyl groups is 1. The second-order valence-electron chi connectivity index (χ2n) is 3.32. The van der Waals surface area contributed by atoms with Crippen LogP contribution in [0.25, 0.3) is 0 Å². The average Bonchev–Trinajstić information content (AvgIpc) is 2.29. The molecule has 1 aromatic rings. The summed E-state index contributed by atoms with van der Waals surface area (Å²) < 4.78 is 12.9. The molecule has 1 unspecified atom stereocenters. The lowest BCUT2D eigenvalue weighted by Gasteiger charge is -2.10. The minimum Gasteiger partial charge on any atom is -0.388 e. The van der Waals surface area contributed by atoms with Crippen LogP contribution in [0.3, 0.4) is 0 Å². The van der Waals surface area contributed by atoms with E-state index in [0.29, 0.717) is 12.0 Å². The number of anilines is 1. The van der Waals surface area contributed by atoms with Gasteiger partial charge >= 0.3 is 0 Å². The Hall–Kier alpha value is -1.09. The standard InChI is InChI=1S/C10H12FNO/c11-7-3-4-9-8(6-7)10(13)2-1-5-12-9/h3-4,6,10,12-13H,1-2,5H2. The third-order valence-electron chi connectivity index (χ3n) is 2.34. The highest BCUT2D eigenvalue weighted by molar-refractivity contribution is 5.53. The molecule has 0 aromatic heterocycles. The van der Waals surface area contributed by atoms with Crippen molar-refractivity contribution < 1.29 is 9.50 Å². The molecule has 1 heterocycles. The first-order valence-corrected chi connectivity index (χ1v) is 4.49. The van der Waals surface area contributed by atoms with Crippen molar-refractivity contribution in [3.8, 4) is 0 Å². The first-order chi connectivity index (χ1) is 6.27. The number of hydrogen-bond donors (Lipinski definition) is 2. The van der Waals surface area contributed by atoms with Gasteiger partial charge in [0.1, 0.15) is 5.82 Å². The summed E-state index contributed by atoms with van der Waals surface area (Å²) in [5, 5.41) is 12.8. The van der Waals surface area contributed by atoms with E-state index in [0.717, 1.165) is 18.7 Å². The van der Waals surface area contributed by atoms with Crippen molar-refractivity contribution in [3.05, 3.63) is 29.6 Å². The summed E-state index contributed by atoms with van der Waals surface area (Å²) in [7, 11) is 0. The minimum atomic E-state index is -0.527. The Bertz CT molecular complexity index is 314. The van der Waals surface area contributed by atoms with Crippen LogP contribution in [0.4, 0.5) is 10.1 Å². The summed E-state index contributed by atoms with van der Waals surface area (Å²) in [5.74, 6) is -0.290. The number of rotatable bonds is 0. The minimum absolute atomic E-state index is 0.290. The molecule has 0 saturated carbocycles. The third kappa shape index (κ3) is 1.65. The van der Waals surface area contributed by atoms with Crippen molar-refractivity contribution in [2.45, 2.75) is 18.9 Å². The maximum atomic E-state index is 12.9. The fourth-order valence-corrected chi connectivity index (χ4v) is 1.64. The quantitative estimate of drug-likeness (QED) is 0.642. The zero-order valence-corrected chi connectivity index (χ0v) is 7.26. The molecule has 1 aromatic carbocycles. The number of halogens is 1. The van der Waals surface area contributed by atoms with Gasteiger partial charge in [-0.15, -0.1) is 0 Å². The van der Waals surface area contributed by atoms with Gasteiger partial charge in [-0.1, -0.05) is 0 Å². The van der Waals surface area contributed by atoms with E-state index in [1.807, 2.05) is 0 Å². The highest BCUT2D eigenvalue weighted by Gasteiger charge is 2.16. The predicted octanol–water partition coefficient (Wildman–Crippen LogP) is 2.06. The smallest absolute Gasteiger partial charge is 0.123 e. The van der Waals surface area contributed by atoms with Crippen LogP contribution in [0.2, 0.25) is 0 Å². The third-order valence-corrected chi connectivity index (χ3v) is 2.34. The van der Waals surface area contributed by atoms with E-state index in [1.165, 1.54) is 12.1 Å². The van der Waals surface area contributed by atoms with Crippen molar-refractivity contribution in [1.29, 1.82) is 0 Å². The SMILES string of the molecule is OC1CCCNc2ccc(F)cc21. The number of aliphatic hydroxyl groups excluding tert-OH is 1. The topological polar surface area (TPSA) is 32.3 Å². The van der Waals surface area contributed by atoms with Gasteiger partial charge in [-0.05, 0) is 31.0 Å². The van der Waals surface area contributed by atoms with Gasteiger partial charge in [-0.25, -0.2) is 4.39 Å². The molecule has 2 rings (SSSR count). The Morgan fingerprint density at radius 1 is 1.46 bits per heavy atom. The van der Waals surface area contributed by atoms with Crippen molar-refractivity contribution in [2.24, 2.45) is 0 Å². The van der Waals surface area contributed by atoms with Crippen LogP contribution in [-0.2, 0) is 0 Å². The van der Waals surface area contributed by atoms with E-state index in [2.05, 4.69) is 5.32 Å². The fraction of sp³-hybridized carbons (Fsp3) is 0.400. The molecule has 1 atom stereocenters. The van der Waals surface area contributed by atoms with Crippen LogP contribution in [0.1, 0.15) is 24.5 Å². The van der Waals surface area contributed by atoms with Crippen LogP contribution in [0, 0.1) is 5.82 Å². The molecule has 70 valence electrons. The molecule has 0 amide bonds. The molecule has 0 bridgehead atoms. The summed E-state index contributed by atoms with van der Waals surface area (Å²) in [4.78, 5) is 0. The van der Waals surface area contributed by atoms with E-state index in [9.17, 15) is 9.50 Å². The van der Waals surface area contributed by atoms with E-state index < -0.39 is 6.10 Å². The molecule has 1 aliphatic heterocycles. The molecule has 1 aliphatic rings. The lowest BCUT2D eigenvalue weighted by molar-refractivity contribution is 0.168. The van der Waals surface area contributed by atoms with Crippen LogP contribution in [0.15, 0.2) is 18.2 Å². The first-order valence-electron chi connectivity index (χ1n) is 4.49. The fourth-order valence-electron chi connectivity index (χ4n) is 1.64. The van der Waals surface area contributed by atoms with E-state index >= 15 is 0 Å². The van der Waals surface area contributed by atoms with Crippen molar-refractivity contribution in [2.75, 3.05) is 11.9 Å². The average molecular weight is 181 g/mol. The molecule has 13 heavy (non-hydrogen) atoms. The summed E-state index contributed by atoms with van der Waals surface area (Å²) in [6, 6.07) is 4.49. The number of hydrogen-bond acceptors (Lipinski definition) is 2. The zero-order chi connectivity index (χ0) is 9.26. The molecule has 0 radical (unpaired) electrons. The summed E-state index contributed by atoms with van der Waals surface area (Å²) in [6.45, 7) is 0.843. The van der Waals surface area contributed by atoms with Gasteiger partial charge in [-0.2, -0.15) is 0 Å². The maximum Gasteiger partial charge on any atom is 0.123 e. The Kier molecular flexibility index (Phi) is 2.19. The Labute approximate surface area is 76.4 Å². The number of nitrogens with one attached hydrogen (secondary N) is 1. The van der Waals surface area contributed by atoms with E-state index in [-0.39, 0.29) is 5.82 Å². The summed E-state index contributed by atoms with van der Waals surface area (Å²) in [5.41, 5.74) is 1.53. The Morgan fingerprint density at radius 3 is 3.15 bits per heavy atom. The second kappa shape index (κ2) is 3.34. The molecule has 0 fully saturated rings. The lowest BCUT2D eigenvalue weighted by Crippen LogP contribution is -2.00. The molecule has 2 N–H and O–H groups in total. The largest absolute Gasteiger partial charge is 0.388 e. The molecular formula is C10H12FNO. The maximum absolute atomic E-state index is 12.9. The normalized spacial score (nSPS) is 21.5. The molecule has 0 aliphatic carbocycles. The predicted molar refractivity (Wildman–Crippen MR) is 49.1 cm³/mol. The van der Waals surface area contributed by atoms with Gasteiger partial charge in [0.2, 0.25) is 0 Å². The Balaban J connectivity index is 2.43. The molecular weight excluding hydrogens is 169 g/mol. The van der Waals surface area contributed by atoms with Gasteiger partial charge < -0.3 is 10.4 Å². The van der Waals surface area contributed by atoms with Crippen LogP contribution < -0.4 is 5.32 Å². The van der Waals surface area contributed by atoms with Crippen molar-refractivity contribution >= 4 is 5.69 Å². The van der Waals surface area contributed by atoms with Gasteiger partial charge in [0.05, 0.1) is 6.10 Å². The van der Waals surface area contributed by atoms with E-state index in [1.54, 1.807) is 6.07 Å². The van der Waals surface area contributed by atoms with Gasteiger partial charge in [0.15, 0.2) is 0 Å². The van der Waals surface area contributed by atoms with Crippen LogP contribution >= 0.6 is 0 Å². The monoisotopic (exact) mass is 181 g/mol. The van der Waals surface area contributed by atoms with Crippen molar-refractivity contribution in [3.63, 3.8) is 0 Å². The first kappa shape index (κ1) is 8.51. The molecule has 0 spiro atoms. The highest BCUT2D eigenvalue weighted by atomic mass is 19.1. The van der Waals surface area contributed by atoms with Crippen LogP contribution in [-0.4, -0.2) is 11.7 Å². The highest BCUT2D eigenvalue weighted by Crippen LogP contribution is 2.29.